The lowest BCUT2D eigenvalue weighted by atomic mass is 10.2. The van der Waals surface area contributed by atoms with E-state index in [0.29, 0.717) is 35.1 Å². The van der Waals surface area contributed by atoms with Gasteiger partial charge in [0.05, 0.1) is 16.6 Å². The molecule has 0 amide bonds. The minimum atomic E-state index is -1.09. The van der Waals surface area contributed by atoms with Gasteiger partial charge < -0.3 is 9.52 Å². The van der Waals surface area contributed by atoms with E-state index in [0.717, 1.165) is 18.4 Å². The number of carbonyl (C=O) groups is 1. The van der Waals surface area contributed by atoms with Crippen LogP contribution in [0, 0.1) is 0 Å². The number of oxazole rings is 1. The summed E-state index contributed by atoms with van der Waals surface area (Å²) in [4.78, 5) is 17.0. The van der Waals surface area contributed by atoms with E-state index in [2.05, 4.69) is 9.88 Å². The van der Waals surface area contributed by atoms with Gasteiger partial charge in [-0.05, 0) is 30.5 Å². The Morgan fingerprint density at radius 1 is 1.32 bits per heavy atom. The maximum Gasteiger partial charge on any atom is 0.357 e. The van der Waals surface area contributed by atoms with Gasteiger partial charge in [0, 0.05) is 12.6 Å². The highest BCUT2D eigenvalue weighted by atomic mass is 35.5. The maximum absolute atomic E-state index is 10.8. The third kappa shape index (κ3) is 3.61. The Bertz CT molecular complexity index is 698. The highest BCUT2D eigenvalue weighted by Crippen LogP contribution is 2.31. The molecule has 7 heteroatoms. The molecule has 22 heavy (non-hydrogen) atoms. The Labute approximate surface area is 137 Å². The van der Waals surface area contributed by atoms with E-state index in [-0.39, 0.29) is 5.69 Å². The van der Waals surface area contributed by atoms with Crippen molar-refractivity contribution in [1.82, 2.24) is 9.88 Å². The predicted molar refractivity (Wildman–Crippen MR) is 82.2 cm³/mol. The molecule has 5 nitrogen and oxygen atoms in total. The molecule has 0 radical (unpaired) electrons. The van der Waals surface area contributed by atoms with Gasteiger partial charge in [0.15, 0.2) is 5.69 Å². The average molecular weight is 341 g/mol. The van der Waals surface area contributed by atoms with Crippen molar-refractivity contribution in [1.29, 1.82) is 0 Å². The molecule has 1 N–H and O–H groups in total. The van der Waals surface area contributed by atoms with Crippen LogP contribution >= 0.6 is 23.2 Å². The molecule has 2 aromatic rings. The van der Waals surface area contributed by atoms with Crippen LogP contribution in [0.5, 0.6) is 0 Å². The zero-order chi connectivity index (χ0) is 15.7. The Morgan fingerprint density at radius 2 is 2.09 bits per heavy atom. The number of aromatic nitrogens is 1. The second-order valence-corrected chi connectivity index (χ2v) is 6.13. The van der Waals surface area contributed by atoms with Gasteiger partial charge in [0.25, 0.3) is 0 Å². The zero-order valence-corrected chi connectivity index (χ0v) is 13.1. The molecule has 1 aliphatic rings. The fourth-order valence-corrected chi connectivity index (χ4v) is 2.60. The van der Waals surface area contributed by atoms with Crippen molar-refractivity contribution in [2.75, 3.05) is 0 Å². The molecule has 0 spiro atoms. The fourth-order valence-electron chi connectivity index (χ4n) is 2.28. The van der Waals surface area contributed by atoms with E-state index < -0.39 is 5.97 Å². The van der Waals surface area contributed by atoms with Gasteiger partial charge in [-0.15, -0.1) is 0 Å². The summed E-state index contributed by atoms with van der Waals surface area (Å²) in [5.41, 5.74) is 0.978. The summed E-state index contributed by atoms with van der Waals surface area (Å²) in [6.45, 7) is 1.16. The van der Waals surface area contributed by atoms with Crippen molar-refractivity contribution in [2.45, 2.75) is 32.0 Å². The number of nitrogens with zero attached hydrogens (tertiary/aromatic N) is 2. The van der Waals surface area contributed by atoms with Gasteiger partial charge >= 0.3 is 5.97 Å². The quantitative estimate of drug-likeness (QED) is 0.865. The summed E-state index contributed by atoms with van der Waals surface area (Å²) in [5, 5.41) is 9.94. The Kier molecular flexibility index (Phi) is 4.38. The lowest BCUT2D eigenvalue weighted by Crippen LogP contribution is -2.25. The molecule has 3 rings (SSSR count). The smallest absolute Gasteiger partial charge is 0.357 e. The molecule has 1 heterocycles. The third-order valence-electron chi connectivity index (χ3n) is 3.54. The number of halogens is 2. The highest BCUT2D eigenvalue weighted by Gasteiger charge is 2.30. The summed E-state index contributed by atoms with van der Waals surface area (Å²) in [7, 11) is 0. The van der Waals surface area contributed by atoms with Crippen molar-refractivity contribution in [2.24, 2.45) is 0 Å². The van der Waals surface area contributed by atoms with Crippen molar-refractivity contribution >= 4 is 29.2 Å². The minimum Gasteiger partial charge on any atom is -0.476 e. The lowest BCUT2D eigenvalue weighted by molar-refractivity contribution is 0.0690. The third-order valence-corrected chi connectivity index (χ3v) is 4.28. The van der Waals surface area contributed by atoms with Crippen molar-refractivity contribution in [3.8, 4) is 0 Å². The summed E-state index contributed by atoms with van der Waals surface area (Å²) in [5.74, 6) is -0.679. The van der Waals surface area contributed by atoms with Gasteiger partial charge in [-0.3, -0.25) is 4.90 Å². The first-order valence-corrected chi connectivity index (χ1v) is 7.64. The monoisotopic (exact) mass is 340 g/mol. The Morgan fingerprint density at radius 3 is 2.68 bits per heavy atom. The minimum absolute atomic E-state index is 0.0692. The van der Waals surface area contributed by atoms with Gasteiger partial charge in [0.1, 0.15) is 6.26 Å². The van der Waals surface area contributed by atoms with Crippen LogP contribution < -0.4 is 0 Å². The van der Waals surface area contributed by atoms with Gasteiger partial charge in [-0.2, -0.15) is 0 Å². The lowest BCUT2D eigenvalue weighted by Gasteiger charge is -2.20. The summed E-state index contributed by atoms with van der Waals surface area (Å²) in [6, 6.07) is 6.02. The number of aromatic carboxylic acids is 1. The molecule has 0 aliphatic heterocycles. The number of rotatable bonds is 6. The van der Waals surface area contributed by atoms with Crippen LogP contribution in [-0.4, -0.2) is 27.0 Å². The highest BCUT2D eigenvalue weighted by molar-refractivity contribution is 6.42. The molecular formula is C15H14Cl2N2O3. The van der Waals surface area contributed by atoms with Crippen molar-refractivity contribution in [3.05, 3.63) is 51.7 Å². The van der Waals surface area contributed by atoms with Crippen LogP contribution in [0.1, 0.15) is 34.8 Å². The second-order valence-electron chi connectivity index (χ2n) is 5.32. The molecule has 0 unspecified atom stereocenters. The molecular weight excluding hydrogens is 327 g/mol. The molecule has 0 atom stereocenters. The SMILES string of the molecule is O=C(O)c1coc(CN(Cc2ccc(Cl)c(Cl)c2)C2CC2)n1. The predicted octanol–water partition coefficient (Wildman–Crippen LogP) is 3.84. The standard InChI is InChI=1S/C15H14Cl2N2O3/c16-11-4-1-9(5-12(11)17)6-19(10-2-3-10)7-14-18-13(8-22-14)15(20)21/h1,4-5,8,10H,2-3,6-7H2,(H,20,21). The number of carboxylic acid groups (broad SMARTS) is 1. The molecule has 1 aromatic heterocycles. The molecule has 116 valence electrons. The van der Waals surface area contributed by atoms with Crippen LogP contribution in [0.2, 0.25) is 10.0 Å². The zero-order valence-electron chi connectivity index (χ0n) is 11.6. The Balaban J connectivity index is 1.72. The molecule has 1 aliphatic carbocycles. The first kappa shape index (κ1) is 15.3. The van der Waals surface area contributed by atoms with E-state index in [4.69, 9.17) is 32.7 Å². The summed E-state index contributed by atoms with van der Waals surface area (Å²) < 4.78 is 5.23. The van der Waals surface area contributed by atoms with E-state index in [9.17, 15) is 4.79 Å². The van der Waals surface area contributed by atoms with Crippen LogP contribution in [0.3, 0.4) is 0 Å². The van der Waals surface area contributed by atoms with E-state index in [1.54, 1.807) is 6.07 Å². The summed E-state index contributed by atoms with van der Waals surface area (Å²) in [6.07, 6.45) is 3.41. The van der Waals surface area contributed by atoms with Gasteiger partial charge in [-0.1, -0.05) is 29.3 Å². The second kappa shape index (κ2) is 6.28. The van der Waals surface area contributed by atoms with E-state index in [1.165, 1.54) is 6.26 Å². The van der Waals surface area contributed by atoms with Crippen molar-refractivity contribution in [3.63, 3.8) is 0 Å². The van der Waals surface area contributed by atoms with Crippen LogP contribution in [0.4, 0.5) is 0 Å². The summed E-state index contributed by atoms with van der Waals surface area (Å²) >= 11 is 12.0. The molecule has 1 saturated carbocycles. The largest absolute Gasteiger partial charge is 0.476 e. The topological polar surface area (TPSA) is 66.6 Å². The first-order chi connectivity index (χ1) is 10.5. The van der Waals surface area contributed by atoms with Gasteiger partial charge in [-0.25, -0.2) is 9.78 Å². The first-order valence-electron chi connectivity index (χ1n) is 6.88. The number of hydrogen-bond acceptors (Lipinski definition) is 4. The molecule has 1 aromatic carbocycles. The van der Waals surface area contributed by atoms with Crippen LogP contribution in [-0.2, 0) is 13.1 Å². The molecule has 1 fully saturated rings. The van der Waals surface area contributed by atoms with E-state index >= 15 is 0 Å². The Hall–Kier alpha value is -1.56. The normalized spacial score (nSPS) is 14.5. The fraction of sp³-hybridized carbons (Fsp3) is 0.333. The van der Waals surface area contributed by atoms with Crippen LogP contribution in [0.25, 0.3) is 0 Å². The number of hydrogen-bond donors (Lipinski definition) is 1. The average Bonchev–Trinajstić information content (AvgIpc) is 3.21. The van der Waals surface area contributed by atoms with E-state index in [1.807, 2.05) is 12.1 Å². The number of carboxylic acids is 1. The molecule has 0 bridgehead atoms. The van der Waals surface area contributed by atoms with Crippen molar-refractivity contribution < 1.29 is 14.3 Å². The molecule has 0 saturated heterocycles. The number of benzene rings is 1. The van der Waals surface area contributed by atoms with Gasteiger partial charge in [0.2, 0.25) is 5.89 Å². The van der Waals surface area contributed by atoms with Crippen LogP contribution in [0.15, 0.2) is 28.9 Å². The maximum atomic E-state index is 10.8.